The van der Waals surface area contributed by atoms with E-state index >= 15 is 0 Å². The molecule has 0 spiro atoms. The summed E-state index contributed by atoms with van der Waals surface area (Å²) in [4.78, 5) is 5.45. The number of rotatable bonds is 4. The van der Waals surface area contributed by atoms with Crippen LogP contribution in [0.3, 0.4) is 0 Å². The molecule has 1 aromatic carbocycles. The molecular weight excluding hydrogens is 276 g/mol. The smallest absolute Gasteiger partial charge is 0.120 e. The summed E-state index contributed by atoms with van der Waals surface area (Å²) in [5.41, 5.74) is 7.91. The van der Waals surface area contributed by atoms with E-state index in [4.69, 9.17) is 17.3 Å². The number of pyridine rings is 1. The van der Waals surface area contributed by atoms with E-state index in [9.17, 15) is 0 Å². The fourth-order valence-corrected chi connectivity index (χ4v) is 2.86. The zero-order valence-corrected chi connectivity index (χ0v) is 12.6. The molecule has 19 heavy (non-hydrogen) atoms. The molecule has 0 saturated carbocycles. The highest BCUT2D eigenvalue weighted by Gasteiger charge is 2.08. The Hall–Kier alpha value is -1.03. The molecule has 2 aromatic rings. The van der Waals surface area contributed by atoms with E-state index in [1.807, 2.05) is 6.07 Å². The standard InChI is InChI=1S/C15H17ClN2S/c1-10(2)11-3-5-13(6-4-11)19-15-14(16)12(9-17)7-8-18-15/h3-8,10H,9,17H2,1-2H3. The van der Waals surface area contributed by atoms with Gasteiger partial charge in [-0.05, 0) is 35.2 Å². The Morgan fingerprint density at radius 3 is 2.47 bits per heavy atom. The van der Waals surface area contributed by atoms with Crippen molar-refractivity contribution in [2.45, 2.75) is 36.2 Å². The van der Waals surface area contributed by atoms with Crippen LogP contribution in [0.25, 0.3) is 0 Å². The van der Waals surface area contributed by atoms with Crippen molar-refractivity contribution in [3.8, 4) is 0 Å². The molecule has 0 aliphatic carbocycles. The van der Waals surface area contributed by atoms with E-state index in [2.05, 4.69) is 43.1 Å². The van der Waals surface area contributed by atoms with Gasteiger partial charge in [0.15, 0.2) is 0 Å². The van der Waals surface area contributed by atoms with Gasteiger partial charge in [0, 0.05) is 17.6 Å². The molecule has 0 saturated heterocycles. The fraction of sp³-hybridized carbons (Fsp3) is 0.267. The van der Waals surface area contributed by atoms with Gasteiger partial charge in [-0.25, -0.2) is 4.98 Å². The molecule has 0 fully saturated rings. The number of benzene rings is 1. The lowest BCUT2D eigenvalue weighted by Crippen LogP contribution is -1.98. The molecule has 1 aromatic heterocycles. The Morgan fingerprint density at radius 2 is 1.89 bits per heavy atom. The lowest BCUT2D eigenvalue weighted by atomic mass is 10.0. The maximum absolute atomic E-state index is 6.28. The second-order valence-electron chi connectivity index (χ2n) is 4.62. The molecule has 1 heterocycles. The van der Waals surface area contributed by atoms with Gasteiger partial charge in [-0.15, -0.1) is 0 Å². The second kappa shape index (κ2) is 6.42. The lowest BCUT2D eigenvalue weighted by molar-refractivity contribution is 0.865. The van der Waals surface area contributed by atoms with Crippen LogP contribution in [0.2, 0.25) is 5.02 Å². The first kappa shape index (κ1) is 14.4. The van der Waals surface area contributed by atoms with Crippen molar-refractivity contribution in [2.75, 3.05) is 0 Å². The highest BCUT2D eigenvalue weighted by Crippen LogP contribution is 2.33. The number of nitrogens with two attached hydrogens (primary N) is 1. The van der Waals surface area contributed by atoms with E-state index in [0.717, 1.165) is 15.5 Å². The molecule has 100 valence electrons. The van der Waals surface area contributed by atoms with Crippen LogP contribution in [0, 0.1) is 0 Å². The van der Waals surface area contributed by atoms with Gasteiger partial charge >= 0.3 is 0 Å². The van der Waals surface area contributed by atoms with Crippen LogP contribution < -0.4 is 5.73 Å². The highest BCUT2D eigenvalue weighted by atomic mass is 35.5. The zero-order valence-electron chi connectivity index (χ0n) is 11.1. The van der Waals surface area contributed by atoms with Crippen molar-refractivity contribution in [1.82, 2.24) is 4.98 Å². The summed E-state index contributed by atoms with van der Waals surface area (Å²) in [7, 11) is 0. The first-order chi connectivity index (χ1) is 9.11. The number of nitrogens with zero attached hydrogens (tertiary/aromatic N) is 1. The van der Waals surface area contributed by atoms with Crippen molar-refractivity contribution >= 4 is 23.4 Å². The van der Waals surface area contributed by atoms with Crippen LogP contribution in [0.1, 0.15) is 30.9 Å². The molecule has 0 aliphatic heterocycles. The lowest BCUT2D eigenvalue weighted by Gasteiger charge is -2.08. The third-order valence-corrected chi connectivity index (χ3v) is 4.46. The normalized spacial score (nSPS) is 11.0. The molecule has 0 bridgehead atoms. The second-order valence-corrected chi connectivity index (χ2v) is 6.06. The van der Waals surface area contributed by atoms with Crippen LogP contribution in [0.4, 0.5) is 0 Å². The zero-order chi connectivity index (χ0) is 13.8. The predicted molar refractivity (Wildman–Crippen MR) is 81.8 cm³/mol. The molecule has 0 unspecified atom stereocenters. The average Bonchev–Trinajstić information content (AvgIpc) is 2.42. The number of aromatic nitrogens is 1. The Morgan fingerprint density at radius 1 is 1.21 bits per heavy atom. The van der Waals surface area contributed by atoms with Crippen LogP contribution in [0.15, 0.2) is 46.5 Å². The number of halogens is 1. The SMILES string of the molecule is CC(C)c1ccc(Sc2nccc(CN)c2Cl)cc1. The minimum Gasteiger partial charge on any atom is -0.326 e. The number of hydrogen-bond donors (Lipinski definition) is 1. The highest BCUT2D eigenvalue weighted by molar-refractivity contribution is 7.99. The molecule has 0 aliphatic rings. The topological polar surface area (TPSA) is 38.9 Å². The van der Waals surface area contributed by atoms with Crippen LogP contribution >= 0.6 is 23.4 Å². The minimum atomic E-state index is 0.432. The summed E-state index contributed by atoms with van der Waals surface area (Å²) in [6, 6.07) is 10.4. The third-order valence-electron chi connectivity index (χ3n) is 2.92. The molecular formula is C15H17ClN2S. The number of hydrogen-bond acceptors (Lipinski definition) is 3. The van der Waals surface area contributed by atoms with Crippen molar-refractivity contribution < 1.29 is 0 Å². The van der Waals surface area contributed by atoms with Gasteiger partial charge in [0.1, 0.15) is 5.03 Å². The predicted octanol–water partition coefficient (Wildman–Crippen LogP) is 4.47. The molecule has 2 N–H and O–H groups in total. The van der Waals surface area contributed by atoms with Gasteiger partial charge in [-0.3, -0.25) is 0 Å². The molecule has 0 amide bonds. The Balaban J connectivity index is 2.21. The van der Waals surface area contributed by atoms with Crippen LogP contribution in [0.5, 0.6) is 0 Å². The summed E-state index contributed by atoms with van der Waals surface area (Å²) in [6.07, 6.45) is 1.75. The van der Waals surface area contributed by atoms with Gasteiger partial charge in [-0.2, -0.15) is 0 Å². The van der Waals surface area contributed by atoms with Gasteiger partial charge in [0.05, 0.1) is 5.02 Å². The molecule has 2 nitrogen and oxygen atoms in total. The van der Waals surface area contributed by atoms with Crippen LogP contribution in [-0.4, -0.2) is 4.98 Å². The maximum Gasteiger partial charge on any atom is 0.120 e. The summed E-state index contributed by atoms with van der Waals surface area (Å²) >= 11 is 7.84. The van der Waals surface area contributed by atoms with E-state index in [-0.39, 0.29) is 0 Å². The maximum atomic E-state index is 6.28. The Bertz CT molecular complexity index is 553. The Labute approximate surface area is 123 Å². The minimum absolute atomic E-state index is 0.432. The van der Waals surface area contributed by atoms with Crippen molar-refractivity contribution in [3.05, 3.63) is 52.7 Å². The van der Waals surface area contributed by atoms with Gasteiger partial charge in [-0.1, -0.05) is 49.3 Å². The quantitative estimate of drug-likeness (QED) is 0.904. The summed E-state index contributed by atoms with van der Waals surface area (Å²) in [5, 5.41) is 1.46. The summed E-state index contributed by atoms with van der Waals surface area (Å²) in [5.74, 6) is 0.543. The molecule has 0 radical (unpaired) electrons. The first-order valence-electron chi connectivity index (χ1n) is 6.23. The third kappa shape index (κ3) is 3.50. The molecule has 0 atom stereocenters. The van der Waals surface area contributed by atoms with Crippen molar-refractivity contribution in [1.29, 1.82) is 0 Å². The van der Waals surface area contributed by atoms with E-state index in [0.29, 0.717) is 17.5 Å². The van der Waals surface area contributed by atoms with E-state index in [1.165, 1.54) is 5.56 Å². The average molecular weight is 293 g/mol. The van der Waals surface area contributed by atoms with E-state index < -0.39 is 0 Å². The largest absolute Gasteiger partial charge is 0.326 e. The van der Waals surface area contributed by atoms with Gasteiger partial charge in [0.2, 0.25) is 0 Å². The molecule has 2 rings (SSSR count). The van der Waals surface area contributed by atoms with Crippen LogP contribution in [-0.2, 0) is 6.54 Å². The Kier molecular flexibility index (Phi) is 4.86. The van der Waals surface area contributed by atoms with Gasteiger partial charge in [0.25, 0.3) is 0 Å². The van der Waals surface area contributed by atoms with Crippen molar-refractivity contribution in [2.24, 2.45) is 5.73 Å². The summed E-state index contributed by atoms with van der Waals surface area (Å²) < 4.78 is 0. The van der Waals surface area contributed by atoms with Crippen molar-refractivity contribution in [3.63, 3.8) is 0 Å². The first-order valence-corrected chi connectivity index (χ1v) is 7.42. The monoisotopic (exact) mass is 292 g/mol. The summed E-state index contributed by atoms with van der Waals surface area (Å²) in [6.45, 7) is 4.80. The van der Waals surface area contributed by atoms with Gasteiger partial charge < -0.3 is 5.73 Å². The van der Waals surface area contributed by atoms with E-state index in [1.54, 1.807) is 18.0 Å². The molecule has 4 heteroatoms. The fourth-order valence-electron chi connectivity index (χ4n) is 1.72.